The first-order valence-corrected chi connectivity index (χ1v) is 15.1. The summed E-state index contributed by atoms with van der Waals surface area (Å²) in [5.41, 5.74) is 3.91. The lowest BCUT2D eigenvalue weighted by molar-refractivity contribution is -0.143. The van der Waals surface area contributed by atoms with Gasteiger partial charge in [-0.2, -0.15) is 5.10 Å². The Morgan fingerprint density at radius 2 is 1.28 bits per heavy atom. The smallest absolute Gasteiger partial charge is 0.323 e. The molecule has 1 N–H and O–H groups in total. The summed E-state index contributed by atoms with van der Waals surface area (Å²) in [4.78, 5) is 27.0. The molecule has 0 bridgehead atoms. The van der Waals surface area contributed by atoms with Crippen LogP contribution in [0.2, 0.25) is 0 Å². The minimum atomic E-state index is -0.880. The Morgan fingerprint density at radius 3 is 1.80 bits per heavy atom. The molecule has 1 heterocycles. The first-order chi connectivity index (χ1) is 22.5. The highest BCUT2D eigenvalue weighted by Crippen LogP contribution is 2.39. The van der Waals surface area contributed by atoms with Crippen molar-refractivity contribution in [2.75, 3.05) is 14.2 Å². The number of nitrogens with zero attached hydrogens (tertiary/aromatic N) is 2. The number of ether oxygens (including phenoxy) is 2. The molecule has 6 aromatic rings. The van der Waals surface area contributed by atoms with Gasteiger partial charge in [-0.15, -0.1) is 0 Å². The third-order valence-electron chi connectivity index (χ3n) is 8.53. The molecule has 0 radical (unpaired) electrons. The van der Waals surface area contributed by atoms with E-state index in [1.807, 2.05) is 91.0 Å². The Kier molecular flexibility index (Phi) is 8.76. The first kappa shape index (κ1) is 30.5. The van der Waals surface area contributed by atoms with Gasteiger partial charge >= 0.3 is 5.97 Å². The van der Waals surface area contributed by atoms with Crippen molar-refractivity contribution in [3.63, 3.8) is 0 Å². The number of aryl methyl sites for hydroxylation is 1. The SMILES string of the molecule is COC(=O)[C@H](Cc1ccc(-c2c(OC)cnn(C)c2=O)c2ccccc12)NC(c1ccccc1)(c1ccccc1)c1ccccc1. The van der Waals surface area contributed by atoms with Crippen molar-refractivity contribution in [3.05, 3.63) is 166 Å². The van der Waals surface area contributed by atoms with Crippen molar-refractivity contribution < 1.29 is 14.3 Å². The van der Waals surface area contributed by atoms with Crippen LogP contribution < -0.4 is 15.6 Å². The van der Waals surface area contributed by atoms with E-state index in [0.717, 1.165) is 38.6 Å². The Labute approximate surface area is 268 Å². The normalized spacial score (nSPS) is 12.1. The lowest BCUT2D eigenvalue weighted by atomic mass is 9.76. The fourth-order valence-corrected chi connectivity index (χ4v) is 6.31. The van der Waals surface area contributed by atoms with E-state index in [4.69, 9.17) is 9.47 Å². The molecule has 7 nitrogen and oxygen atoms in total. The lowest BCUT2D eigenvalue weighted by Gasteiger charge is -2.39. The summed E-state index contributed by atoms with van der Waals surface area (Å²) >= 11 is 0. The van der Waals surface area contributed by atoms with Crippen LogP contribution in [0.25, 0.3) is 21.9 Å². The van der Waals surface area contributed by atoms with Crippen molar-refractivity contribution in [1.82, 2.24) is 15.1 Å². The second-order valence-electron chi connectivity index (χ2n) is 11.1. The summed E-state index contributed by atoms with van der Waals surface area (Å²) in [5.74, 6) is 0.0125. The van der Waals surface area contributed by atoms with Crippen molar-refractivity contribution >= 4 is 16.7 Å². The molecule has 0 spiro atoms. The van der Waals surface area contributed by atoms with Gasteiger partial charge in [0.25, 0.3) is 5.56 Å². The number of hydrogen-bond donors (Lipinski definition) is 1. The number of esters is 1. The van der Waals surface area contributed by atoms with Gasteiger partial charge in [0.05, 0.1) is 31.5 Å². The van der Waals surface area contributed by atoms with Crippen molar-refractivity contribution in [2.24, 2.45) is 7.05 Å². The number of carbonyl (C=O) groups is 1. The van der Waals surface area contributed by atoms with E-state index in [0.29, 0.717) is 17.7 Å². The second-order valence-corrected chi connectivity index (χ2v) is 11.1. The van der Waals surface area contributed by atoms with E-state index in [1.54, 1.807) is 13.2 Å². The number of benzene rings is 5. The van der Waals surface area contributed by atoms with Gasteiger partial charge in [-0.3, -0.25) is 14.9 Å². The molecule has 0 saturated heterocycles. The molecule has 7 heteroatoms. The van der Waals surface area contributed by atoms with Gasteiger partial charge in [0.2, 0.25) is 0 Å². The summed E-state index contributed by atoms with van der Waals surface area (Å²) in [6.45, 7) is 0. The van der Waals surface area contributed by atoms with Gasteiger partial charge in [-0.1, -0.05) is 127 Å². The average Bonchev–Trinajstić information content (AvgIpc) is 3.12. The summed E-state index contributed by atoms with van der Waals surface area (Å²) < 4.78 is 12.3. The van der Waals surface area contributed by atoms with E-state index in [-0.39, 0.29) is 11.5 Å². The van der Waals surface area contributed by atoms with Gasteiger partial charge in [0, 0.05) is 7.05 Å². The van der Waals surface area contributed by atoms with Crippen LogP contribution in [-0.2, 0) is 28.5 Å². The topological polar surface area (TPSA) is 82.5 Å². The number of nitrogens with one attached hydrogen (secondary N) is 1. The van der Waals surface area contributed by atoms with E-state index >= 15 is 0 Å². The highest BCUT2D eigenvalue weighted by Gasteiger charge is 2.40. The highest BCUT2D eigenvalue weighted by atomic mass is 16.5. The molecule has 0 fully saturated rings. The zero-order chi connectivity index (χ0) is 32.1. The van der Waals surface area contributed by atoms with Gasteiger partial charge in [0.15, 0.2) is 5.75 Å². The molecule has 0 aliphatic rings. The summed E-state index contributed by atoms with van der Waals surface area (Å²) in [7, 11) is 4.56. The number of fused-ring (bicyclic) bond motifs is 1. The van der Waals surface area contributed by atoms with Gasteiger partial charge in [0.1, 0.15) is 6.04 Å². The van der Waals surface area contributed by atoms with Crippen LogP contribution in [0.15, 0.2) is 138 Å². The van der Waals surface area contributed by atoms with E-state index in [2.05, 4.69) is 46.8 Å². The predicted molar refractivity (Wildman–Crippen MR) is 181 cm³/mol. The maximum Gasteiger partial charge on any atom is 0.323 e. The molecule has 6 rings (SSSR count). The molecule has 0 unspecified atom stereocenters. The van der Waals surface area contributed by atoms with Crippen LogP contribution in [0.5, 0.6) is 5.75 Å². The standard InChI is InChI=1S/C39H35N3O4/c1-42-37(43)36(35(45-2)26-40-42)33-24-23-27(31-21-13-14-22-32(31)33)25-34(38(44)46-3)41-39(28-15-7-4-8-16-28,29-17-9-5-10-18-29)30-19-11-6-12-20-30/h4-24,26,34,41H,25H2,1-3H3/t34-/m0/s1. The van der Waals surface area contributed by atoms with Crippen molar-refractivity contribution in [1.29, 1.82) is 0 Å². The van der Waals surface area contributed by atoms with Crippen LogP contribution in [-0.4, -0.2) is 36.0 Å². The van der Waals surface area contributed by atoms with E-state index in [9.17, 15) is 9.59 Å². The second kappa shape index (κ2) is 13.2. The largest absolute Gasteiger partial charge is 0.494 e. The first-order valence-electron chi connectivity index (χ1n) is 15.1. The van der Waals surface area contributed by atoms with E-state index < -0.39 is 11.6 Å². The van der Waals surface area contributed by atoms with Crippen molar-refractivity contribution in [3.8, 4) is 16.9 Å². The molecular formula is C39H35N3O4. The van der Waals surface area contributed by atoms with Crippen LogP contribution in [0.3, 0.4) is 0 Å². The minimum Gasteiger partial charge on any atom is -0.494 e. The Balaban J connectivity index is 1.52. The maximum absolute atomic E-state index is 13.7. The Morgan fingerprint density at radius 1 is 0.761 bits per heavy atom. The number of hydrogen-bond acceptors (Lipinski definition) is 6. The fourth-order valence-electron chi connectivity index (χ4n) is 6.31. The Hall–Kier alpha value is -5.53. The molecular weight excluding hydrogens is 574 g/mol. The fraction of sp³-hybridized carbons (Fsp3) is 0.154. The summed E-state index contributed by atoms with van der Waals surface area (Å²) in [6.07, 6.45) is 1.88. The molecule has 46 heavy (non-hydrogen) atoms. The Bertz CT molecular complexity index is 1930. The van der Waals surface area contributed by atoms with E-state index in [1.165, 1.54) is 18.9 Å². The third-order valence-corrected chi connectivity index (χ3v) is 8.53. The van der Waals surface area contributed by atoms with Gasteiger partial charge < -0.3 is 9.47 Å². The van der Waals surface area contributed by atoms with Crippen LogP contribution in [0, 0.1) is 0 Å². The van der Waals surface area contributed by atoms with Crippen LogP contribution in [0.1, 0.15) is 22.3 Å². The maximum atomic E-state index is 13.7. The molecule has 1 atom stereocenters. The number of methoxy groups -OCH3 is 2. The number of aromatic nitrogens is 2. The zero-order valence-electron chi connectivity index (χ0n) is 26.0. The molecule has 0 saturated carbocycles. The quantitative estimate of drug-likeness (QED) is 0.146. The van der Waals surface area contributed by atoms with Gasteiger partial charge in [-0.05, 0) is 45.0 Å². The number of rotatable bonds is 10. The molecule has 5 aromatic carbocycles. The summed E-state index contributed by atoms with van der Waals surface area (Å²) in [5, 5.41) is 9.72. The third kappa shape index (κ3) is 5.57. The summed E-state index contributed by atoms with van der Waals surface area (Å²) in [6, 6.07) is 41.5. The zero-order valence-corrected chi connectivity index (χ0v) is 26.0. The monoisotopic (exact) mass is 609 g/mol. The lowest BCUT2D eigenvalue weighted by Crippen LogP contribution is -2.53. The van der Waals surface area contributed by atoms with Gasteiger partial charge in [-0.25, -0.2) is 4.68 Å². The van der Waals surface area contributed by atoms with Crippen molar-refractivity contribution in [2.45, 2.75) is 18.0 Å². The average molecular weight is 610 g/mol. The van der Waals surface area contributed by atoms with Crippen LogP contribution in [0.4, 0.5) is 0 Å². The highest BCUT2D eigenvalue weighted by molar-refractivity contribution is 5.99. The molecule has 1 aromatic heterocycles. The predicted octanol–water partition coefficient (Wildman–Crippen LogP) is 6.27. The molecule has 0 amide bonds. The molecule has 0 aliphatic heterocycles. The minimum absolute atomic E-state index is 0.260. The molecule has 230 valence electrons. The van der Waals surface area contributed by atoms with Crippen LogP contribution >= 0.6 is 0 Å². The molecule has 0 aliphatic carbocycles. The number of carbonyl (C=O) groups excluding carboxylic acids is 1.